The molecule has 0 radical (unpaired) electrons. The highest BCUT2D eigenvalue weighted by Crippen LogP contribution is 2.26. The highest BCUT2D eigenvalue weighted by atomic mass is 32.2. The monoisotopic (exact) mass is 428 g/mol. The molecule has 2 saturated heterocycles. The lowest BCUT2D eigenvalue weighted by Crippen LogP contribution is -2.44. The summed E-state index contributed by atoms with van der Waals surface area (Å²) in [6.45, 7) is 8.09. The van der Waals surface area contributed by atoms with E-state index in [1.807, 2.05) is 38.6 Å². The van der Waals surface area contributed by atoms with Crippen LogP contribution in [0.2, 0.25) is 0 Å². The van der Waals surface area contributed by atoms with E-state index in [0.717, 1.165) is 55.2 Å². The predicted octanol–water partition coefficient (Wildman–Crippen LogP) is 3.65. The minimum atomic E-state index is 0.140. The van der Waals surface area contributed by atoms with Gasteiger partial charge >= 0.3 is 0 Å². The third kappa shape index (κ3) is 4.82. The summed E-state index contributed by atoms with van der Waals surface area (Å²) in [5.74, 6) is 1.75. The van der Waals surface area contributed by atoms with Gasteiger partial charge in [0.05, 0.1) is 16.8 Å². The van der Waals surface area contributed by atoms with E-state index in [0.29, 0.717) is 17.6 Å². The molecule has 0 saturated carbocycles. The molecular weight excluding hydrogens is 396 g/mol. The molecule has 7 heteroatoms. The molecular formula is C23H32N4O2S. The number of rotatable bonds is 5. The number of hydrogen-bond acceptors (Lipinski definition) is 4. The van der Waals surface area contributed by atoms with E-state index in [1.165, 1.54) is 24.6 Å². The molecule has 2 aliphatic rings. The van der Waals surface area contributed by atoms with Gasteiger partial charge in [0, 0.05) is 26.2 Å². The van der Waals surface area contributed by atoms with Crippen molar-refractivity contribution in [3.05, 3.63) is 24.3 Å². The van der Waals surface area contributed by atoms with Gasteiger partial charge in [-0.05, 0) is 49.7 Å². The molecule has 0 unspecified atom stereocenters. The van der Waals surface area contributed by atoms with Gasteiger partial charge in [0.1, 0.15) is 6.54 Å². The molecule has 0 spiro atoms. The molecule has 6 nitrogen and oxygen atoms in total. The number of hydrogen-bond donors (Lipinski definition) is 0. The number of benzene rings is 1. The van der Waals surface area contributed by atoms with E-state index in [-0.39, 0.29) is 18.4 Å². The zero-order chi connectivity index (χ0) is 21.1. The SMILES string of the molecule is C[C@@H]1C[C@H](C)CN(C(=O)Cn2c(SCC(=O)N3CCCCC3)nc3ccccc32)C1. The van der Waals surface area contributed by atoms with E-state index in [9.17, 15) is 9.59 Å². The molecule has 1 aromatic carbocycles. The molecule has 2 aromatic rings. The van der Waals surface area contributed by atoms with E-state index in [2.05, 4.69) is 13.8 Å². The largest absolute Gasteiger partial charge is 0.342 e. The summed E-state index contributed by atoms with van der Waals surface area (Å²) in [6, 6.07) is 7.91. The van der Waals surface area contributed by atoms with Crippen LogP contribution in [0.15, 0.2) is 29.4 Å². The number of carbonyl (C=O) groups is 2. The standard InChI is InChI=1S/C23H32N4O2S/c1-17-12-18(2)14-26(13-17)21(28)15-27-20-9-5-4-8-19(20)24-23(27)30-16-22(29)25-10-6-3-7-11-25/h4-5,8-9,17-18H,3,6-7,10-16H2,1-2H3/t17-,18+. The Morgan fingerprint density at radius 3 is 2.43 bits per heavy atom. The van der Waals surface area contributed by atoms with Crippen LogP contribution in [0.3, 0.4) is 0 Å². The first kappa shape index (κ1) is 21.2. The Kier molecular flexibility index (Phi) is 6.66. The van der Waals surface area contributed by atoms with E-state index in [4.69, 9.17) is 4.98 Å². The number of fused-ring (bicyclic) bond motifs is 1. The number of thioether (sulfide) groups is 1. The van der Waals surface area contributed by atoms with Crippen LogP contribution < -0.4 is 0 Å². The van der Waals surface area contributed by atoms with Crippen molar-refractivity contribution in [3.63, 3.8) is 0 Å². The third-order valence-corrected chi connectivity index (χ3v) is 7.13. The quantitative estimate of drug-likeness (QED) is 0.682. The molecule has 0 bridgehead atoms. The Morgan fingerprint density at radius 2 is 1.70 bits per heavy atom. The molecule has 4 rings (SSSR count). The molecule has 1 aromatic heterocycles. The molecule has 162 valence electrons. The van der Waals surface area contributed by atoms with Gasteiger partial charge in [0.15, 0.2) is 5.16 Å². The van der Waals surface area contributed by atoms with Crippen LogP contribution >= 0.6 is 11.8 Å². The predicted molar refractivity (Wildman–Crippen MR) is 120 cm³/mol. The third-order valence-electron chi connectivity index (χ3n) is 6.17. The van der Waals surface area contributed by atoms with Crippen molar-refractivity contribution in [1.82, 2.24) is 19.4 Å². The van der Waals surface area contributed by atoms with Gasteiger partial charge in [0.25, 0.3) is 0 Å². The highest BCUT2D eigenvalue weighted by Gasteiger charge is 2.27. The van der Waals surface area contributed by atoms with Crippen molar-refractivity contribution >= 4 is 34.6 Å². The van der Waals surface area contributed by atoms with Crippen LogP contribution in [0, 0.1) is 11.8 Å². The van der Waals surface area contributed by atoms with Crippen LogP contribution in [0.1, 0.15) is 39.5 Å². The smallest absolute Gasteiger partial charge is 0.242 e. The summed E-state index contributed by atoms with van der Waals surface area (Å²) < 4.78 is 2.00. The van der Waals surface area contributed by atoms with Crippen molar-refractivity contribution in [1.29, 1.82) is 0 Å². The normalized spacial score (nSPS) is 22.5. The van der Waals surface area contributed by atoms with Crippen LogP contribution in [0.4, 0.5) is 0 Å². The topological polar surface area (TPSA) is 58.4 Å². The summed E-state index contributed by atoms with van der Waals surface area (Å²) in [7, 11) is 0. The lowest BCUT2D eigenvalue weighted by molar-refractivity contribution is -0.134. The Labute approximate surface area is 183 Å². The maximum absolute atomic E-state index is 13.1. The van der Waals surface area contributed by atoms with E-state index < -0.39 is 0 Å². The molecule has 2 aliphatic heterocycles. The summed E-state index contributed by atoms with van der Waals surface area (Å²) in [4.78, 5) is 34.5. The summed E-state index contributed by atoms with van der Waals surface area (Å²) in [6.07, 6.45) is 4.58. The molecule has 0 N–H and O–H groups in total. The molecule has 30 heavy (non-hydrogen) atoms. The van der Waals surface area contributed by atoms with Crippen LogP contribution in [-0.4, -0.2) is 63.1 Å². The number of aromatic nitrogens is 2. The summed E-state index contributed by atoms with van der Waals surface area (Å²) in [5, 5.41) is 0.757. The first-order chi connectivity index (χ1) is 14.5. The Balaban J connectivity index is 1.50. The molecule has 2 amide bonds. The first-order valence-corrected chi connectivity index (χ1v) is 12.1. The lowest BCUT2D eigenvalue weighted by atomic mass is 9.92. The number of carbonyl (C=O) groups excluding carboxylic acids is 2. The van der Waals surface area contributed by atoms with Crippen molar-refractivity contribution in [2.24, 2.45) is 11.8 Å². The number of likely N-dealkylation sites (tertiary alicyclic amines) is 2. The fraction of sp³-hybridized carbons (Fsp3) is 0.609. The minimum absolute atomic E-state index is 0.140. The summed E-state index contributed by atoms with van der Waals surface area (Å²) in [5.41, 5.74) is 1.83. The second kappa shape index (κ2) is 9.41. The maximum Gasteiger partial charge on any atom is 0.242 e. The highest BCUT2D eigenvalue weighted by molar-refractivity contribution is 7.99. The average Bonchev–Trinajstić information content (AvgIpc) is 3.09. The van der Waals surface area contributed by atoms with Crippen molar-refractivity contribution < 1.29 is 9.59 Å². The molecule has 2 fully saturated rings. The first-order valence-electron chi connectivity index (χ1n) is 11.1. The Morgan fingerprint density at radius 1 is 1.00 bits per heavy atom. The molecule has 3 heterocycles. The number of piperidine rings is 2. The van der Waals surface area contributed by atoms with Gasteiger partial charge in [-0.2, -0.15) is 0 Å². The molecule has 2 atom stereocenters. The van der Waals surface area contributed by atoms with Gasteiger partial charge in [-0.15, -0.1) is 0 Å². The second-order valence-electron chi connectivity index (χ2n) is 8.94. The fourth-order valence-corrected chi connectivity index (χ4v) is 5.70. The van der Waals surface area contributed by atoms with Crippen LogP contribution in [-0.2, 0) is 16.1 Å². The van der Waals surface area contributed by atoms with Crippen molar-refractivity contribution in [2.75, 3.05) is 31.9 Å². The second-order valence-corrected chi connectivity index (χ2v) is 9.89. The van der Waals surface area contributed by atoms with Crippen molar-refractivity contribution in [3.8, 4) is 0 Å². The van der Waals surface area contributed by atoms with Gasteiger partial charge in [-0.25, -0.2) is 4.98 Å². The zero-order valence-corrected chi connectivity index (χ0v) is 18.9. The number of nitrogens with zero attached hydrogens (tertiary/aromatic N) is 4. The van der Waals surface area contributed by atoms with E-state index in [1.54, 1.807) is 0 Å². The van der Waals surface area contributed by atoms with Gasteiger partial charge in [0.2, 0.25) is 11.8 Å². The van der Waals surface area contributed by atoms with Gasteiger partial charge in [-0.1, -0.05) is 37.7 Å². The van der Waals surface area contributed by atoms with Crippen LogP contribution in [0.5, 0.6) is 0 Å². The zero-order valence-electron chi connectivity index (χ0n) is 18.0. The number of imidazole rings is 1. The minimum Gasteiger partial charge on any atom is -0.342 e. The van der Waals surface area contributed by atoms with E-state index >= 15 is 0 Å². The number of para-hydroxylation sites is 2. The molecule has 0 aliphatic carbocycles. The Bertz CT molecular complexity index is 896. The average molecular weight is 429 g/mol. The van der Waals surface area contributed by atoms with Gasteiger partial charge < -0.3 is 14.4 Å². The number of amides is 2. The Hall–Kier alpha value is -2.02. The fourth-order valence-electron chi connectivity index (χ4n) is 4.78. The van der Waals surface area contributed by atoms with Crippen molar-refractivity contribution in [2.45, 2.75) is 51.2 Å². The van der Waals surface area contributed by atoms with Gasteiger partial charge in [-0.3, -0.25) is 9.59 Å². The maximum atomic E-state index is 13.1. The summed E-state index contributed by atoms with van der Waals surface area (Å²) >= 11 is 1.45. The lowest BCUT2D eigenvalue weighted by Gasteiger charge is -2.35. The van der Waals surface area contributed by atoms with Crippen LogP contribution in [0.25, 0.3) is 11.0 Å².